The Morgan fingerprint density at radius 3 is 2.53 bits per heavy atom. The second-order valence-corrected chi connectivity index (χ2v) is 6.72. The van der Waals surface area contributed by atoms with E-state index in [-0.39, 0.29) is 5.41 Å². The summed E-state index contributed by atoms with van der Waals surface area (Å²) >= 11 is 5.42. The van der Waals surface area contributed by atoms with Crippen molar-refractivity contribution in [3.8, 4) is 0 Å². The zero-order chi connectivity index (χ0) is 12.3. The number of rotatable bonds is 3. The third-order valence-corrected chi connectivity index (χ3v) is 5.09. The fourth-order valence-electron chi connectivity index (χ4n) is 2.83. The molecule has 1 nitrogen and oxygen atoms in total. The lowest BCUT2D eigenvalue weighted by Crippen LogP contribution is -2.37. The van der Waals surface area contributed by atoms with Gasteiger partial charge in [0.2, 0.25) is 0 Å². The maximum Gasteiger partial charge on any atom is 0.0189 e. The average Bonchev–Trinajstić information content (AvgIpc) is 2.38. The van der Waals surface area contributed by atoms with E-state index in [0.29, 0.717) is 0 Å². The van der Waals surface area contributed by atoms with E-state index >= 15 is 0 Å². The summed E-state index contributed by atoms with van der Waals surface area (Å²) in [5.41, 5.74) is 7.75. The minimum atomic E-state index is 0.229. The van der Waals surface area contributed by atoms with E-state index in [4.69, 9.17) is 5.73 Å². The van der Waals surface area contributed by atoms with Crippen LogP contribution in [0.3, 0.4) is 0 Å². The van der Waals surface area contributed by atoms with Crippen molar-refractivity contribution in [2.75, 3.05) is 12.8 Å². The molecule has 1 aliphatic carbocycles. The van der Waals surface area contributed by atoms with Crippen molar-refractivity contribution in [3.05, 3.63) is 28.2 Å². The highest BCUT2D eigenvalue weighted by atomic mass is 79.9. The first-order valence-corrected chi connectivity index (χ1v) is 8.27. The van der Waals surface area contributed by atoms with E-state index in [0.717, 1.165) is 6.54 Å². The number of halogens is 1. The van der Waals surface area contributed by atoms with Gasteiger partial charge in [-0.15, -0.1) is 11.8 Å². The van der Waals surface area contributed by atoms with Crippen molar-refractivity contribution < 1.29 is 0 Å². The molecule has 1 fully saturated rings. The molecule has 2 rings (SSSR count). The Morgan fingerprint density at radius 2 is 1.94 bits per heavy atom. The molecule has 17 heavy (non-hydrogen) atoms. The predicted octanol–water partition coefficient (Wildman–Crippen LogP) is 4.33. The van der Waals surface area contributed by atoms with Gasteiger partial charge in [0, 0.05) is 21.3 Å². The summed E-state index contributed by atoms with van der Waals surface area (Å²) in [6.07, 6.45) is 8.62. The van der Waals surface area contributed by atoms with Gasteiger partial charge >= 0.3 is 0 Å². The van der Waals surface area contributed by atoms with E-state index in [1.54, 1.807) is 11.8 Å². The number of nitrogens with two attached hydrogens (primary N) is 1. The molecule has 1 aromatic carbocycles. The second kappa shape index (κ2) is 5.77. The van der Waals surface area contributed by atoms with Gasteiger partial charge in [-0.3, -0.25) is 0 Å². The largest absolute Gasteiger partial charge is 0.330 e. The first-order chi connectivity index (χ1) is 8.20. The molecular formula is C14H20BrNS. The van der Waals surface area contributed by atoms with E-state index in [1.807, 2.05) is 0 Å². The molecule has 0 radical (unpaired) electrons. The van der Waals surface area contributed by atoms with Crippen molar-refractivity contribution in [1.82, 2.24) is 0 Å². The summed E-state index contributed by atoms with van der Waals surface area (Å²) in [6, 6.07) is 6.77. The van der Waals surface area contributed by atoms with Crippen molar-refractivity contribution in [2.45, 2.75) is 42.4 Å². The van der Waals surface area contributed by atoms with E-state index in [9.17, 15) is 0 Å². The average molecular weight is 314 g/mol. The Labute approximate surface area is 117 Å². The highest BCUT2D eigenvalue weighted by Gasteiger charge is 2.32. The van der Waals surface area contributed by atoms with E-state index in [2.05, 4.69) is 40.4 Å². The monoisotopic (exact) mass is 313 g/mol. The normalized spacial score (nSPS) is 19.2. The van der Waals surface area contributed by atoms with Crippen molar-refractivity contribution in [2.24, 2.45) is 5.73 Å². The standard InChI is InChI=1S/C14H20BrNS/c1-17-13-8-11(7-12(15)9-13)14(10-16)5-3-2-4-6-14/h7-9H,2-6,10,16H2,1H3. The molecule has 0 bridgehead atoms. The minimum Gasteiger partial charge on any atom is -0.330 e. The van der Waals surface area contributed by atoms with E-state index in [1.165, 1.54) is 47.0 Å². The fraction of sp³-hybridized carbons (Fsp3) is 0.571. The number of hydrogen-bond acceptors (Lipinski definition) is 2. The molecule has 0 unspecified atom stereocenters. The Hall–Kier alpha value is 0.01000. The van der Waals surface area contributed by atoms with Gasteiger partial charge in [0.05, 0.1) is 0 Å². The molecule has 0 spiro atoms. The Balaban J connectivity index is 2.38. The SMILES string of the molecule is CSc1cc(Br)cc(C2(CN)CCCCC2)c1. The van der Waals surface area contributed by atoms with Crippen molar-refractivity contribution >= 4 is 27.7 Å². The maximum atomic E-state index is 6.09. The lowest BCUT2D eigenvalue weighted by atomic mass is 9.69. The molecule has 0 aromatic heterocycles. The molecule has 0 aliphatic heterocycles. The van der Waals surface area contributed by atoms with Crippen molar-refractivity contribution in [3.63, 3.8) is 0 Å². The minimum absolute atomic E-state index is 0.229. The topological polar surface area (TPSA) is 26.0 Å². The van der Waals surface area contributed by atoms with Gasteiger partial charge in [0.15, 0.2) is 0 Å². The second-order valence-electron chi connectivity index (χ2n) is 4.92. The summed E-state index contributed by atoms with van der Waals surface area (Å²) in [5.74, 6) is 0. The number of thioether (sulfide) groups is 1. The smallest absolute Gasteiger partial charge is 0.0189 e. The third-order valence-electron chi connectivity index (χ3n) is 3.92. The van der Waals surface area contributed by atoms with Crippen LogP contribution in [-0.4, -0.2) is 12.8 Å². The molecular weight excluding hydrogens is 294 g/mol. The zero-order valence-corrected chi connectivity index (χ0v) is 12.7. The fourth-order valence-corrected chi connectivity index (χ4v) is 3.96. The maximum absolute atomic E-state index is 6.09. The van der Waals surface area contributed by atoms with Crippen LogP contribution in [-0.2, 0) is 5.41 Å². The molecule has 0 heterocycles. The van der Waals surface area contributed by atoms with Gasteiger partial charge in [-0.05, 0) is 42.9 Å². The molecule has 3 heteroatoms. The molecule has 0 atom stereocenters. The Morgan fingerprint density at radius 1 is 1.24 bits per heavy atom. The van der Waals surface area contributed by atoms with Crippen LogP contribution in [0.15, 0.2) is 27.6 Å². The van der Waals surface area contributed by atoms with Gasteiger partial charge in [-0.2, -0.15) is 0 Å². The quantitative estimate of drug-likeness (QED) is 0.840. The lowest BCUT2D eigenvalue weighted by molar-refractivity contribution is 0.300. The van der Waals surface area contributed by atoms with Crippen LogP contribution in [0.25, 0.3) is 0 Å². The summed E-state index contributed by atoms with van der Waals surface area (Å²) in [7, 11) is 0. The third kappa shape index (κ3) is 2.88. The molecule has 94 valence electrons. The molecule has 1 aromatic rings. The lowest BCUT2D eigenvalue weighted by Gasteiger charge is -2.37. The van der Waals surface area contributed by atoms with Crippen LogP contribution in [0.1, 0.15) is 37.7 Å². The van der Waals surface area contributed by atoms with Gasteiger partial charge < -0.3 is 5.73 Å². The highest BCUT2D eigenvalue weighted by Crippen LogP contribution is 2.40. The molecule has 2 N–H and O–H groups in total. The van der Waals surface area contributed by atoms with Crippen LogP contribution < -0.4 is 5.73 Å². The Kier molecular flexibility index (Phi) is 4.56. The van der Waals surface area contributed by atoms with Crippen LogP contribution >= 0.6 is 27.7 Å². The van der Waals surface area contributed by atoms with Crippen LogP contribution in [0.4, 0.5) is 0 Å². The van der Waals surface area contributed by atoms with E-state index < -0.39 is 0 Å². The van der Waals surface area contributed by atoms with Gasteiger partial charge in [-0.1, -0.05) is 35.2 Å². The zero-order valence-electron chi connectivity index (χ0n) is 10.3. The van der Waals surface area contributed by atoms with Crippen LogP contribution in [0.2, 0.25) is 0 Å². The first kappa shape index (κ1) is 13.4. The molecule has 1 aliphatic rings. The molecule has 0 saturated heterocycles. The van der Waals surface area contributed by atoms with Crippen LogP contribution in [0.5, 0.6) is 0 Å². The summed E-state index contributed by atoms with van der Waals surface area (Å²) in [5, 5.41) is 0. The number of benzene rings is 1. The summed E-state index contributed by atoms with van der Waals surface area (Å²) in [4.78, 5) is 1.33. The van der Waals surface area contributed by atoms with Crippen LogP contribution in [0, 0.1) is 0 Å². The summed E-state index contributed by atoms with van der Waals surface area (Å²) in [6.45, 7) is 0.775. The number of hydrogen-bond donors (Lipinski definition) is 1. The van der Waals surface area contributed by atoms with Crippen molar-refractivity contribution in [1.29, 1.82) is 0 Å². The molecule has 1 saturated carbocycles. The van der Waals surface area contributed by atoms with Gasteiger partial charge in [0.25, 0.3) is 0 Å². The molecule has 0 amide bonds. The summed E-state index contributed by atoms with van der Waals surface area (Å²) < 4.78 is 1.18. The van der Waals surface area contributed by atoms with Gasteiger partial charge in [0.1, 0.15) is 0 Å². The predicted molar refractivity (Wildman–Crippen MR) is 79.7 cm³/mol. The first-order valence-electron chi connectivity index (χ1n) is 6.25. The highest BCUT2D eigenvalue weighted by molar-refractivity contribution is 9.10. The Bertz CT molecular complexity index is 386. The van der Waals surface area contributed by atoms with Gasteiger partial charge in [-0.25, -0.2) is 0 Å².